The average Bonchev–Trinajstić information content (AvgIpc) is 2.46. The Hall–Kier alpha value is -0.580. The standard InChI is InChI=1S/C7H14N4S/c1-3-4-5-6-12-7-8-9-10-11(7)2/h3-6H2,1-2H3. The molecule has 0 aliphatic heterocycles. The number of thioether (sulfide) groups is 1. The molecule has 0 bridgehead atoms. The van der Waals surface area contributed by atoms with E-state index >= 15 is 0 Å². The second kappa shape index (κ2) is 5.13. The summed E-state index contributed by atoms with van der Waals surface area (Å²) in [5.41, 5.74) is 0. The van der Waals surface area contributed by atoms with Crippen molar-refractivity contribution in [2.45, 2.75) is 31.3 Å². The molecule has 0 aliphatic carbocycles. The highest BCUT2D eigenvalue weighted by Gasteiger charge is 2.00. The largest absolute Gasteiger partial charge is 0.224 e. The lowest BCUT2D eigenvalue weighted by atomic mass is 10.3. The summed E-state index contributed by atoms with van der Waals surface area (Å²) in [6.45, 7) is 2.20. The van der Waals surface area contributed by atoms with Gasteiger partial charge in [-0.15, -0.1) is 5.10 Å². The summed E-state index contributed by atoms with van der Waals surface area (Å²) < 4.78 is 1.70. The SMILES string of the molecule is CCCCCSc1nnnn1C. The first kappa shape index (κ1) is 9.51. The molecule has 0 fully saturated rings. The van der Waals surface area contributed by atoms with Crippen molar-refractivity contribution >= 4 is 11.8 Å². The van der Waals surface area contributed by atoms with Gasteiger partial charge in [-0.3, -0.25) is 0 Å². The van der Waals surface area contributed by atoms with Crippen molar-refractivity contribution in [2.75, 3.05) is 5.75 Å². The highest BCUT2D eigenvalue weighted by molar-refractivity contribution is 7.99. The van der Waals surface area contributed by atoms with Crippen LogP contribution in [-0.4, -0.2) is 26.0 Å². The molecule has 0 radical (unpaired) electrons. The van der Waals surface area contributed by atoms with E-state index in [1.54, 1.807) is 16.4 Å². The van der Waals surface area contributed by atoms with E-state index in [-0.39, 0.29) is 0 Å². The minimum absolute atomic E-state index is 0.908. The van der Waals surface area contributed by atoms with Gasteiger partial charge in [0.1, 0.15) is 0 Å². The van der Waals surface area contributed by atoms with E-state index in [4.69, 9.17) is 0 Å². The number of aromatic nitrogens is 4. The van der Waals surface area contributed by atoms with E-state index in [2.05, 4.69) is 22.4 Å². The van der Waals surface area contributed by atoms with Crippen molar-refractivity contribution in [1.82, 2.24) is 20.2 Å². The van der Waals surface area contributed by atoms with E-state index in [1.165, 1.54) is 19.3 Å². The smallest absolute Gasteiger partial charge is 0.209 e. The normalized spacial score (nSPS) is 10.5. The minimum atomic E-state index is 0.908. The van der Waals surface area contributed by atoms with Gasteiger partial charge < -0.3 is 0 Å². The molecule has 0 atom stereocenters. The molecule has 5 heteroatoms. The quantitative estimate of drug-likeness (QED) is 0.516. The molecule has 4 nitrogen and oxygen atoms in total. The van der Waals surface area contributed by atoms with Crippen LogP contribution in [0.25, 0.3) is 0 Å². The van der Waals surface area contributed by atoms with Crippen molar-refractivity contribution in [1.29, 1.82) is 0 Å². The molecule has 12 heavy (non-hydrogen) atoms. The van der Waals surface area contributed by atoms with Gasteiger partial charge >= 0.3 is 0 Å². The Morgan fingerprint density at radius 3 is 2.83 bits per heavy atom. The minimum Gasteiger partial charge on any atom is -0.224 e. The Kier molecular flexibility index (Phi) is 4.07. The van der Waals surface area contributed by atoms with E-state index in [0.717, 1.165) is 10.9 Å². The topological polar surface area (TPSA) is 43.6 Å². The third-order valence-corrected chi connectivity index (χ3v) is 2.66. The molecule has 0 unspecified atom stereocenters. The Morgan fingerprint density at radius 1 is 1.42 bits per heavy atom. The summed E-state index contributed by atoms with van der Waals surface area (Å²) >= 11 is 1.72. The van der Waals surface area contributed by atoms with Crippen LogP contribution >= 0.6 is 11.8 Å². The highest BCUT2D eigenvalue weighted by atomic mass is 32.2. The maximum atomic E-state index is 3.88. The Balaban J connectivity index is 2.20. The molecule has 0 saturated carbocycles. The number of hydrogen-bond acceptors (Lipinski definition) is 4. The van der Waals surface area contributed by atoms with E-state index < -0.39 is 0 Å². The highest BCUT2D eigenvalue weighted by Crippen LogP contribution is 2.14. The summed E-state index contributed by atoms with van der Waals surface area (Å²) in [5.74, 6) is 1.11. The lowest BCUT2D eigenvalue weighted by Gasteiger charge is -1.97. The zero-order chi connectivity index (χ0) is 8.81. The monoisotopic (exact) mass is 186 g/mol. The van der Waals surface area contributed by atoms with Gasteiger partial charge in [0, 0.05) is 12.8 Å². The second-order valence-electron chi connectivity index (χ2n) is 2.64. The van der Waals surface area contributed by atoms with Gasteiger partial charge in [0.15, 0.2) is 0 Å². The fraction of sp³-hybridized carbons (Fsp3) is 0.857. The van der Waals surface area contributed by atoms with Crippen LogP contribution in [0.15, 0.2) is 5.16 Å². The predicted octanol–water partition coefficient (Wildman–Crippen LogP) is 1.49. The lowest BCUT2D eigenvalue weighted by molar-refractivity contribution is 0.664. The molecule has 0 aromatic carbocycles. The van der Waals surface area contributed by atoms with Gasteiger partial charge in [-0.1, -0.05) is 31.5 Å². The second-order valence-corrected chi connectivity index (χ2v) is 3.70. The number of aryl methyl sites for hydroxylation is 1. The molecule has 0 amide bonds. The zero-order valence-electron chi connectivity index (χ0n) is 7.53. The molecule has 0 spiro atoms. The molecule has 0 N–H and O–H groups in total. The zero-order valence-corrected chi connectivity index (χ0v) is 8.34. The van der Waals surface area contributed by atoms with Gasteiger partial charge in [-0.25, -0.2) is 4.68 Å². The van der Waals surface area contributed by atoms with Gasteiger partial charge in [-0.2, -0.15) is 0 Å². The Labute approximate surface area is 76.7 Å². The van der Waals surface area contributed by atoms with Crippen LogP contribution in [0.2, 0.25) is 0 Å². The first-order valence-corrected chi connectivity index (χ1v) is 5.18. The van der Waals surface area contributed by atoms with Crippen LogP contribution in [0.4, 0.5) is 0 Å². The maximum absolute atomic E-state index is 3.88. The summed E-state index contributed by atoms with van der Waals surface area (Å²) in [5, 5.41) is 12.1. The molecule has 1 rings (SSSR count). The molecular formula is C7H14N4S. The van der Waals surface area contributed by atoms with Crippen molar-refractivity contribution in [2.24, 2.45) is 7.05 Å². The fourth-order valence-corrected chi connectivity index (χ4v) is 1.71. The number of tetrazole rings is 1. The van der Waals surface area contributed by atoms with Crippen LogP contribution < -0.4 is 0 Å². The molecule has 0 saturated heterocycles. The third kappa shape index (κ3) is 2.81. The van der Waals surface area contributed by atoms with E-state index in [0.29, 0.717) is 0 Å². The van der Waals surface area contributed by atoms with Crippen LogP contribution in [0.3, 0.4) is 0 Å². The molecule has 1 heterocycles. The predicted molar refractivity (Wildman–Crippen MR) is 49.0 cm³/mol. The lowest BCUT2D eigenvalue weighted by Crippen LogP contribution is -1.93. The summed E-state index contributed by atoms with van der Waals surface area (Å²) in [4.78, 5) is 0. The summed E-state index contributed by atoms with van der Waals surface area (Å²) in [6, 6.07) is 0. The maximum Gasteiger partial charge on any atom is 0.209 e. The van der Waals surface area contributed by atoms with Crippen molar-refractivity contribution in [3.05, 3.63) is 0 Å². The van der Waals surface area contributed by atoms with Gasteiger partial charge in [0.25, 0.3) is 0 Å². The fourth-order valence-electron chi connectivity index (χ4n) is 0.859. The molecule has 1 aromatic rings. The Morgan fingerprint density at radius 2 is 2.25 bits per heavy atom. The molecule has 1 aromatic heterocycles. The van der Waals surface area contributed by atoms with Crippen LogP contribution in [0.5, 0.6) is 0 Å². The summed E-state index contributed by atoms with van der Waals surface area (Å²) in [7, 11) is 1.86. The average molecular weight is 186 g/mol. The van der Waals surface area contributed by atoms with Crippen molar-refractivity contribution in [3.63, 3.8) is 0 Å². The Bertz CT molecular complexity index is 223. The van der Waals surface area contributed by atoms with Gasteiger partial charge in [0.05, 0.1) is 0 Å². The molecule has 68 valence electrons. The van der Waals surface area contributed by atoms with Crippen LogP contribution in [0, 0.1) is 0 Å². The van der Waals surface area contributed by atoms with Gasteiger partial charge in [-0.05, 0) is 16.8 Å². The van der Waals surface area contributed by atoms with Crippen molar-refractivity contribution in [3.8, 4) is 0 Å². The number of rotatable bonds is 5. The first-order valence-electron chi connectivity index (χ1n) is 4.19. The van der Waals surface area contributed by atoms with E-state index in [1.807, 2.05) is 7.05 Å². The number of hydrogen-bond donors (Lipinski definition) is 0. The van der Waals surface area contributed by atoms with E-state index in [9.17, 15) is 0 Å². The molecule has 0 aliphatic rings. The summed E-state index contributed by atoms with van der Waals surface area (Å²) in [6.07, 6.45) is 3.80. The van der Waals surface area contributed by atoms with Crippen molar-refractivity contribution < 1.29 is 0 Å². The molecular weight excluding hydrogens is 172 g/mol. The van der Waals surface area contributed by atoms with Crippen LogP contribution in [0.1, 0.15) is 26.2 Å². The van der Waals surface area contributed by atoms with Gasteiger partial charge in [0.2, 0.25) is 5.16 Å². The number of nitrogens with zero attached hydrogens (tertiary/aromatic N) is 4. The first-order chi connectivity index (χ1) is 5.84. The third-order valence-electron chi connectivity index (χ3n) is 1.56. The van der Waals surface area contributed by atoms with Crippen LogP contribution in [-0.2, 0) is 7.05 Å². The number of unbranched alkanes of at least 4 members (excludes halogenated alkanes) is 2.